The quantitative estimate of drug-likeness (QED) is 0.426. The standard InChI is InChI=1S/C25H20ClNO3/c1-14-10-16(3)24-20(11-14)22(28)13-23(30-24)17-4-6-18(7-5-17)25(29)27-21-9-8-19(26)12-15(21)2/h4-13H,1-3H3,(H,27,29). The van der Waals surface area contributed by atoms with Crippen LogP contribution < -0.4 is 10.7 Å². The molecule has 0 unspecified atom stereocenters. The molecule has 0 bridgehead atoms. The number of rotatable bonds is 3. The Hall–Kier alpha value is -3.37. The van der Waals surface area contributed by atoms with Gasteiger partial charge in [0.25, 0.3) is 5.91 Å². The first-order valence-electron chi connectivity index (χ1n) is 9.55. The molecule has 0 aliphatic carbocycles. The molecule has 3 aromatic carbocycles. The zero-order chi connectivity index (χ0) is 21.4. The van der Waals surface area contributed by atoms with E-state index in [1.54, 1.807) is 42.5 Å². The van der Waals surface area contributed by atoms with Crippen LogP contribution in [-0.4, -0.2) is 5.91 Å². The zero-order valence-electron chi connectivity index (χ0n) is 16.9. The number of halogens is 1. The van der Waals surface area contributed by atoms with Crippen LogP contribution in [0.4, 0.5) is 5.69 Å². The Bertz CT molecular complexity index is 1340. The molecule has 0 fully saturated rings. The highest BCUT2D eigenvalue weighted by molar-refractivity contribution is 6.30. The number of fused-ring (bicyclic) bond motifs is 1. The highest BCUT2D eigenvalue weighted by Crippen LogP contribution is 2.26. The predicted molar refractivity (Wildman–Crippen MR) is 122 cm³/mol. The maximum Gasteiger partial charge on any atom is 0.255 e. The Labute approximate surface area is 179 Å². The number of amides is 1. The number of benzene rings is 3. The monoisotopic (exact) mass is 417 g/mol. The van der Waals surface area contributed by atoms with Crippen LogP contribution in [0, 0.1) is 20.8 Å². The van der Waals surface area contributed by atoms with Gasteiger partial charge in [-0.2, -0.15) is 0 Å². The molecular weight excluding hydrogens is 398 g/mol. The van der Waals surface area contributed by atoms with Crippen LogP contribution in [0.3, 0.4) is 0 Å². The maximum absolute atomic E-state index is 12.6. The van der Waals surface area contributed by atoms with E-state index in [4.69, 9.17) is 16.0 Å². The molecule has 0 saturated heterocycles. The zero-order valence-corrected chi connectivity index (χ0v) is 17.6. The molecule has 0 radical (unpaired) electrons. The summed E-state index contributed by atoms with van der Waals surface area (Å²) in [6.45, 7) is 5.76. The van der Waals surface area contributed by atoms with Crippen molar-refractivity contribution in [2.45, 2.75) is 20.8 Å². The smallest absolute Gasteiger partial charge is 0.255 e. The molecule has 1 heterocycles. The second-order valence-corrected chi connectivity index (χ2v) is 7.86. The lowest BCUT2D eigenvalue weighted by Crippen LogP contribution is -2.12. The largest absolute Gasteiger partial charge is 0.456 e. The van der Waals surface area contributed by atoms with E-state index in [-0.39, 0.29) is 11.3 Å². The number of aryl methyl sites for hydroxylation is 3. The van der Waals surface area contributed by atoms with Crippen molar-refractivity contribution in [1.29, 1.82) is 0 Å². The third-order valence-electron chi connectivity index (χ3n) is 5.03. The van der Waals surface area contributed by atoms with Gasteiger partial charge in [-0.1, -0.05) is 29.8 Å². The van der Waals surface area contributed by atoms with Crippen LogP contribution in [0.2, 0.25) is 5.02 Å². The fourth-order valence-corrected chi connectivity index (χ4v) is 3.73. The van der Waals surface area contributed by atoms with Crippen molar-refractivity contribution in [3.05, 3.63) is 98.2 Å². The first kappa shape index (κ1) is 19.9. The SMILES string of the molecule is Cc1cc(C)c2oc(-c3ccc(C(=O)Nc4ccc(Cl)cc4C)cc3)cc(=O)c2c1. The number of hydrogen-bond acceptors (Lipinski definition) is 3. The summed E-state index contributed by atoms with van der Waals surface area (Å²) in [6, 6.07) is 17.6. The third kappa shape index (κ3) is 3.87. The van der Waals surface area contributed by atoms with Gasteiger partial charge in [0, 0.05) is 27.9 Å². The average Bonchev–Trinajstić information content (AvgIpc) is 2.71. The van der Waals surface area contributed by atoms with E-state index in [1.165, 1.54) is 6.07 Å². The minimum Gasteiger partial charge on any atom is -0.456 e. The van der Waals surface area contributed by atoms with Crippen molar-refractivity contribution in [1.82, 2.24) is 0 Å². The predicted octanol–water partition coefficient (Wildman–Crippen LogP) is 6.29. The van der Waals surface area contributed by atoms with Gasteiger partial charge in [0.05, 0.1) is 5.39 Å². The lowest BCUT2D eigenvalue weighted by molar-refractivity contribution is 0.102. The van der Waals surface area contributed by atoms with E-state index in [2.05, 4.69) is 5.32 Å². The van der Waals surface area contributed by atoms with Gasteiger partial charge in [0.2, 0.25) is 0 Å². The van der Waals surface area contributed by atoms with Crippen LogP contribution in [0.25, 0.3) is 22.3 Å². The summed E-state index contributed by atoms with van der Waals surface area (Å²) in [5.74, 6) is 0.248. The molecule has 4 nitrogen and oxygen atoms in total. The third-order valence-corrected chi connectivity index (χ3v) is 5.26. The number of carbonyl (C=O) groups excluding carboxylic acids is 1. The molecule has 4 rings (SSSR count). The average molecular weight is 418 g/mol. The topological polar surface area (TPSA) is 59.3 Å². The number of anilines is 1. The number of nitrogens with one attached hydrogen (secondary N) is 1. The summed E-state index contributed by atoms with van der Waals surface area (Å²) in [6.07, 6.45) is 0. The fourth-order valence-electron chi connectivity index (χ4n) is 3.50. The molecule has 150 valence electrons. The summed E-state index contributed by atoms with van der Waals surface area (Å²) < 4.78 is 6.02. The van der Waals surface area contributed by atoms with E-state index in [0.29, 0.717) is 33.0 Å². The molecule has 1 N–H and O–H groups in total. The van der Waals surface area contributed by atoms with E-state index in [9.17, 15) is 9.59 Å². The summed E-state index contributed by atoms with van der Waals surface area (Å²) in [4.78, 5) is 25.2. The maximum atomic E-state index is 12.6. The molecule has 0 atom stereocenters. The summed E-state index contributed by atoms with van der Waals surface area (Å²) >= 11 is 5.97. The van der Waals surface area contributed by atoms with Gasteiger partial charge in [-0.25, -0.2) is 0 Å². The lowest BCUT2D eigenvalue weighted by Gasteiger charge is -2.10. The van der Waals surface area contributed by atoms with Crippen molar-refractivity contribution >= 4 is 34.2 Å². The van der Waals surface area contributed by atoms with Crippen molar-refractivity contribution in [3.8, 4) is 11.3 Å². The molecule has 0 aliphatic rings. The van der Waals surface area contributed by atoms with Gasteiger partial charge < -0.3 is 9.73 Å². The molecule has 5 heteroatoms. The molecule has 1 amide bonds. The molecule has 30 heavy (non-hydrogen) atoms. The van der Waals surface area contributed by atoms with Crippen LogP contribution in [-0.2, 0) is 0 Å². The van der Waals surface area contributed by atoms with Gasteiger partial charge in [-0.05, 0) is 73.9 Å². The van der Waals surface area contributed by atoms with Gasteiger partial charge in [-0.15, -0.1) is 0 Å². The van der Waals surface area contributed by atoms with Crippen LogP contribution >= 0.6 is 11.6 Å². The van der Waals surface area contributed by atoms with E-state index >= 15 is 0 Å². The van der Waals surface area contributed by atoms with Gasteiger partial charge >= 0.3 is 0 Å². The normalized spacial score (nSPS) is 10.9. The first-order chi connectivity index (χ1) is 14.3. The number of hydrogen-bond donors (Lipinski definition) is 1. The fraction of sp³-hybridized carbons (Fsp3) is 0.120. The van der Waals surface area contributed by atoms with Crippen molar-refractivity contribution in [2.75, 3.05) is 5.32 Å². The van der Waals surface area contributed by atoms with Gasteiger partial charge in [-0.3, -0.25) is 9.59 Å². The Balaban J connectivity index is 1.63. The van der Waals surface area contributed by atoms with Crippen LogP contribution in [0.5, 0.6) is 0 Å². The van der Waals surface area contributed by atoms with Crippen molar-refractivity contribution in [3.63, 3.8) is 0 Å². The second-order valence-electron chi connectivity index (χ2n) is 7.42. The molecule has 0 aliphatic heterocycles. The highest BCUT2D eigenvalue weighted by Gasteiger charge is 2.12. The molecule has 4 aromatic rings. The molecule has 0 spiro atoms. The number of carbonyl (C=O) groups is 1. The molecule has 0 saturated carbocycles. The van der Waals surface area contributed by atoms with E-state index in [0.717, 1.165) is 22.3 Å². The summed E-state index contributed by atoms with van der Waals surface area (Å²) in [5.41, 5.74) is 5.26. The van der Waals surface area contributed by atoms with E-state index < -0.39 is 0 Å². The van der Waals surface area contributed by atoms with Gasteiger partial charge in [0.1, 0.15) is 11.3 Å². The second kappa shape index (κ2) is 7.81. The van der Waals surface area contributed by atoms with Gasteiger partial charge in [0.15, 0.2) is 5.43 Å². The minimum atomic E-state index is -0.224. The molecule has 1 aromatic heterocycles. The Morgan fingerprint density at radius 1 is 0.900 bits per heavy atom. The minimum absolute atomic E-state index is 0.0851. The van der Waals surface area contributed by atoms with E-state index in [1.807, 2.05) is 32.9 Å². The Morgan fingerprint density at radius 3 is 2.33 bits per heavy atom. The first-order valence-corrected chi connectivity index (χ1v) is 9.92. The van der Waals surface area contributed by atoms with Crippen molar-refractivity contribution < 1.29 is 9.21 Å². The van der Waals surface area contributed by atoms with Crippen LogP contribution in [0.15, 0.2) is 69.9 Å². The molecular formula is C25H20ClNO3. The summed E-state index contributed by atoms with van der Waals surface area (Å²) in [7, 11) is 0. The Morgan fingerprint density at radius 2 is 1.63 bits per heavy atom. The Kier molecular flexibility index (Phi) is 5.18. The summed E-state index contributed by atoms with van der Waals surface area (Å²) in [5, 5.41) is 4.08. The highest BCUT2D eigenvalue weighted by atomic mass is 35.5. The van der Waals surface area contributed by atoms with Crippen LogP contribution in [0.1, 0.15) is 27.0 Å². The van der Waals surface area contributed by atoms with Crippen molar-refractivity contribution in [2.24, 2.45) is 0 Å². The lowest BCUT2D eigenvalue weighted by atomic mass is 10.1.